The van der Waals surface area contributed by atoms with Gasteiger partial charge in [-0.2, -0.15) is 5.10 Å². The lowest BCUT2D eigenvalue weighted by atomic mass is 9.71. The molecule has 2 heterocycles. The van der Waals surface area contributed by atoms with E-state index in [1.54, 1.807) is 0 Å². The van der Waals surface area contributed by atoms with Gasteiger partial charge < -0.3 is 0 Å². The summed E-state index contributed by atoms with van der Waals surface area (Å²) in [5.41, 5.74) is 0.143. The van der Waals surface area contributed by atoms with Gasteiger partial charge in [-0.05, 0) is 24.2 Å². The molecule has 0 aliphatic carbocycles. The van der Waals surface area contributed by atoms with Crippen molar-refractivity contribution in [3.05, 3.63) is 11.6 Å². The molecule has 0 saturated heterocycles. The average molecular weight is 293 g/mol. The van der Waals surface area contributed by atoms with E-state index in [9.17, 15) is 0 Å². The van der Waals surface area contributed by atoms with E-state index in [4.69, 9.17) is 10.1 Å². The van der Waals surface area contributed by atoms with E-state index in [1.807, 2.05) is 13.8 Å². The summed E-state index contributed by atoms with van der Waals surface area (Å²) in [4.78, 5) is 4.91. The van der Waals surface area contributed by atoms with Gasteiger partial charge in [0, 0.05) is 17.9 Å². The van der Waals surface area contributed by atoms with Crippen LogP contribution in [0.3, 0.4) is 0 Å². The summed E-state index contributed by atoms with van der Waals surface area (Å²) in [6.07, 6.45) is 1.21. The Balaban J connectivity index is 0.00000106. The highest BCUT2D eigenvalue weighted by molar-refractivity contribution is 5.13. The summed E-state index contributed by atoms with van der Waals surface area (Å²) >= 11 is 0. The van der Waals surface area contributed by atoms with Crippen molar-refractivity contribution in [3.63, 3.8) is 0 Å². The highest BCUT2D eigenvalue weighted by Crippen LogP contribution is 2.42. The van der Waals surface area contributed by atoms with Crippen molar-refractivity contribution in [3.8, 4) is 0 Å². The van der Waals surface area contributed by atoms with E-state index in [0.29, 0.717) is 17.8 Å². The van der Waals surface area contributed by atoms with Crippen LogP contribution in [0.5, 0.6) is 0 Å². The molecule has 1 aliphatic rings. The zero-order valence-corrected chi connectivity index (χ0v) is 15.6. The van der Waals surface area contributed by atoms with Gasteiger partial charge in [0.2, 0.25) is 0 Å². The molecule has 0 radical (unpaired) electrons. The summed E-state index contributed by atoms with van der Waals surface area (Å²) in [5, 5.41) is 4.78. The fraction of sp³-hybridized carbons (Fsp3) is 0.889. The van der Waals surface area contributed by atoms with Crippen molar-refractivity contribution < 1.29 is 0 Å². The van der Waals surface area contributed by atoms with Crippen LogP contribution in [0, 0.1) is 17.8 Å². The first-order chi connectivity index (χ1) is 9.75. The van der Waals surface area contributed by atoms with Crippen LogP contribution in [0.15, 0.2) is 0 Å². The average Bonchev–Trinajstić information content (AvgIpc) is 2.81. The first-order valence-electron chi connectivity index (χ1n) is 8.71. The third kappa shape index (κ3) is 3.49. The molecule has 21 heavy (non-hydrogen) atoms. The largest absolute Gasteiger partial charge is 0.249 e. The van der Waals surface area contributed by atoms with E-state index in [-0.39, 0.29) is 5.41 Å². The van der Waals surface area contributed by atoms with Crippen molar-refractivity contribution in [2.75, 3.05) is 0 Å². The summed E-state index contributed by atoms with van der Waals surface area (Å²) in [6, 6.07) is 0. The second kappa shape index (κ2) is 6.93. The molecule has 0 bridgehead atoms. The standard InChI is InChI=1S/C16H29N3.C2H6/c1-10(2)14-17-15-16(7,11(3)4)8-12(5)13(6)9-19(15)18-14;1-2/h10-13H,8-9H2,1-7H3;1-2H3. The van der Waals surface area contributed by atoms with E-state index < -0.39 is 0 Å². The molecule has 0 fully saturated rings. The fourth-order valence-corrected chi connectivity index (χ4v) is 3.06. The number of rotatable bonds is 2. The fourth-order valence-electron chi connectivity index (χ4n) is 3.06. The van der Waals surface area contributed by atoms with Crippen molar-refractivity contribution >= 4 is 0 Å². The van der Waals surface area contributed by atoms with Gasteiger partial charge >= 0.3 is 0 Å². The Morgan fingerprint density at radius 3 is 2.14 bits per heavy atom. The SMILES string of the molecule is CC.CC(C)c1nc2n(n1)CC(C)C(C)CC2(C)C(C)C. The van der Waals surface area contributed by atoms with Crippen LogP contribution < -0.4 is 0 Å². The molecule has 2 rings (SSSR count). The molecule has 1 aromatic rings. The Labute approximate surface area is 131 Å². The Bertz CT molecular complexity index is 447. The number of hydrogen-bond acceptors (Lipinski definition) is 2. The van der Waals surface area contributed by atoms with Crippen LogP contribution in [-0.2, 0) is 12.0 Å². The van der Waals surface area contributed by atoms with Crippen LogP contribution in [0.2, 0.25) is 0 Å². The monoisotopic (exact) mass is 293 g/mol. The minimum absolute atomic E-state index is 0.143. The summed E-state index contributed by atoms with van der Waals surface area (Å²) < 4.78 is 2.20. The lowest BCUT2D eigenvalue weighted by Crippen LogP contribution is -2.32. The number of nitrogens with zero attached hydrogens (tertiary/aromatic N) is 3. The van der Waals surface area contributed by atoms with Gasteiger partial charge in [0.15, 0.2) is 5.82 Å². The first kappa shape index (κ1) is 18.2. The van der Waals surface area contributed by atoms with Crippen LogP contribution in [-0.4, -0.2) is 14.8 Å². The summed E-state index contributed by atoms with van der Waals surface area (Å²) in [7, 11) is 0. The Morgan fingerprint density at radius 2 is 1.67 bits per heavy atom. The van der Waals surface area contributed by atoms with Crippen LogP contribution >= 0.6 is 0 Å². The topological polar surface area (TPSA) is 30.7 Å². The molecular formula is C18H35N3. The Hall–Kier alpha value is -0.860. The third-order valence-electron chi connectivity index (χ3n) is 5.17. The predicted molar refractivity (Wildman–Crippen MR) is 90.6 cm³/mol. The predicted octanol–water partition coefficient (Wildman–Crippen LogP) is 5.02. The molecule has 3 unspecified atom stereocenters. The Kier molecular flexibility index (Phi) is 6.01. The number of aromatic nitrogens is 3. The molecule has 3 atom stereocenters. The molecule has 0 aromatic carbocycles. The molecule has 0 N–H and O–H groups in total. The lowest BCUT2D eigenvalue weighted by Gasteiger charge is -2.33. The van der Waals surface area contributed by atoms with Gasteiger partial charge in [0.05, 0.1) is 0 Å². The normalized spacial score (nSPS) is 28.9. The molecule has 0 amide bonds. The number of fused-ring (bicyclic) bond motifs is 1. The zero-order chi connectivity index (χ0) is 16.4. The summed E-state index contributed by atoms with van der Waals surface area (Å²) in [5.74, 6) is 4.59. The highest BCUT2D eigenvalue weighted by atomic mass is 15.4. The molecule has 3 heteroatoms. The van der Waals surface area contributed by atoms with E-state index >= 15 is 0 Å². The summed E-state index contributed by atoms with van der Waals surface area (Å²) in [6.45, 7) is 21.1. The van der Waals surface area contributed by atoms with Crippen molar-refractivity contribution in [2.24, 2.45) is 17.8 Å². The van der Waals surface area contributed by atoms with Crippen LogP contribution in [0.25, 0.3) is 0 Å². The molecule has 122 valence electrons. The van der Waals surface area contributed by atoms with Crippen LogP contribution in [0.4, 0.5) is 0 Å². The molecule has 3 nitrogen and oxygen atoms in total. The van der Waals surface area contributed by atoms with E-state index in [0.717, 1.165) is 18.3 Å². The van der Waals surface area contributed by atoms with E-state index in [2.05, 4.69) is 53.1 Å². The van der Waals surface area contributed by atoms with Crippen molar-refractivity contribution in [2.45, 2.75) is 86.6 Å². The minimum Gasteiger partial charge on any atom is -0.249 e. The maximum Gasteiger partial charge on any atom is 0.153 e. The van der Waals surface area contributed by atoms with Gasteiger partial charge in [-0.1, -0.05) is 62.3 Å². The third-order valence-corrected chi connectivity index (χ3v) is 5.17. The highest BCUT2D eigenvalue weighted by Gasteiger charge is 2.41. The maximum atomic E-state index is 4.91. The van der Waals surface area contributed by atoms with Crippen molar-refractivity contribution in [1.29, 1.82) is 0 Å². The maximum absolute atomic E-state index is 4.91. The van der Waals surface area contributed by atoms with Gasteiger partial charge in [-0.15, -0.1) is 0 Å². The van der Waals surface area contributed by atoms with Crippen molar-refractivity contribution in [1.82, 2.24) is 14.8 Å². The quantitative estimate of drug-likeness (QED) is 0.766. The van der Waals surface area contributed by atoms with Gasteiger partial charge in [-0.25, -0.2) is 9.67 Å². The molecule has 0 spiro atoms. The molecule has 0 saturated carbocycles. The smallest absolute Gasteiger partial charge is 0.153 e. The lowest BCUT2D eigenvalue weighted by molar-refractivity contribution is 0.237. The Morgan fingerprint density at radius 1 is 1.10 bits per heavy atom. The first-order valence-corrected chi connectivity index (χ1v) is 8.71. The minimum atomic E-state index is 0.143. The second-order valence-corrected chi connectivity index (χ2v) is 7.36. The molecular weight excluding hydrogens is 258 g/mol. The van der Waals surface area contributed by atoms with E-state index in [1.165, 1.54) is 12.2 Å². The molecule has 1 aliphatic heterocycles. The van der Waals surface area contributed by atoms with Gasteiger partial charge in [-0.3, -0.25) is 0 Å². The van der Waals surface area contributed by atoms with Gasteiger partial charge in [0.25, 0.3) is 0 Å². The number of hydrogen-bond donors (Lipinski definition) is 0. The molecule has 1 aromatic heterocycles. The van der Waals surface area contributed by atoms with Crippen LogP contribution in [0.1, 0.15) is 86.3 Å². The zero-order valence-electron chi connectivity index (χ0n) is 15.6. The van der Waals surface area contributed by atoms with Gasteiger partial charge in [0.1, 0.15) is 5.82 Å². The second-order valence-electron chi connectivity index (χ2n) is 7.36.